The maximum atomic E-state index is 5.32. The maximum Gasteiger partial charge on any atom is 0.159 e. The molecule has 0 fully saturated rings. The largest absolute Gasteiger partial charge is 0.373 e. The Bertz CT molecular complexity index is 311. The number of nitrogens with one attached hydrogen (secondary N) is 1. The second kappa shape index (κ2) is 5.66. The van der Waals surface area contributed by atoms with Gasteiger partial charge in [-0.1, -0.05) is 6.92 Å². The molecule has 0 bridgehead atoms. The van der Waals surface area contributed by atoms with Crippen LogP contribution >= 0.6 is 0 Å². The van der Waals surface area contributed by atoms with Crippen LogP contribution < -0.4 is 5.32 Å². The third-order valence-corrected chi connectivity index (χ3v) is 2.17. The van der Waals surface area contributed by atoms with E-state index < -0.39 is 0 Å². The Morgan fingerprint density at radius 2 is 2.13 bits per heavy atom. The highest BCUT2D eigenvalue weighted by Crippen LogP contribution is 2.18. The number of methoxy groups -OCH3 is 1. The standard InChI is InChI=1S/C11H19N3O/c1-5-9(15-4)11-13-8(3)7-10(14-11)12-6-2/h7,9H,5-6H2,1-4H3,(H,12,13,14). The van der Waals surface area contributed by atoms with Gasteiger partial charge in [0, 0.05) is 25.4 Å². The van der Waals surface area contributed by atoms with Crippen LogP contribution in [0.4, 0.5) is 5.82 Å². The molecule has 4 heteroatoms. The highest BCUT2D eigenvalue weighted by atomic mass is 16.5. The predicted octanol–water partition coefficient (Wildman–Crippen LogP) is 2.31. The molecule has 0 saturated heterocycles. The molecule has 84 valence electrons. The van der Waals surface area contributed by atoms with Crippen LogP contribution in [0.5, 0.6) is 0 Å². The topological polar surface area (TPSA) is 47.0 Å². The first-order chi connectivity index (χ1) is 7.21. The van der Waals surface area contributed by atoms with Crippen molar-refractivity contribution in [2.45, 2.75) is 33.3 Å². The zero-order chi connectivity index (χ0) is 11.3. The van der Waals surface area contributed by atoms with Gasteiger partial charge in [0.2, 0.25) is 0 Å². The van der Waals surface area contributed by atoms with Gasteiger partial charge in [0.05, 0.1) is 0 Å². The quantitative estimate of drug-likeness (QED) is 0.808. The van der Waals surface area contributed by atoms with E-state index in [1.807, 2.05) is 19.9 Å². The zero-order valence-electron chi connectivity index (χ0n) is 9.87. The number of nitrogens with zero attached hydrogens (tertiary/aromatic N) is 2. The normalized spacial score (nSPS) is 12.5. The molecule has 1 atom stereocenters. The average molecular weight is 209 g/mol. The lowest BCUT2D eigenvalue weighted by Gasteiger charge is -2.13. The van der Waals surface area contributed by atoms with E-state index in [9.17, 15) is 0 Å². The molecule has 1 aromatic heterocycles. The van der Waals surface area contributed by atoms with Crippen molar-refractivity contribution in [2.24, 2.45) is 0 Å². The van der Waals surface area contributed by atoms with Crippen molar-refractivity contribution >= 4 is 5.82 Å². The van der Waals surface area contributed by atoms with Crippen LogP contribution in [0.3, 0.4) is 0 Å². The molecule has 4 nitrogen and oxygen atoms in total. The van der Waals surface area contributed by atoms with Crippen molar-refractivity contribution < 1.29 is 4.74 Å². The molecule has 0 aliphatic rings. The van der Waals surface area contributed by atoms with Crippen LogP contribution in [-0.2, 0) is 4.74 Å². The summed E-state index contributed by atoms with van der Waals surface area (Å²) in [6.07, 6.45) is 0.869. The molecule has 0 aliphatic carbocycles. The summed E-state index contributed by atoms with van der Waals surface area (Å²) in [6, 6.07) is 1.94. The molecule has 0 saturated carbocycles. The summed E-state index contributed by atoms with van der Waals surface area (Å²) < 4.78 is 5.32. The van der Waals surface area contributed by atoms with Gasteiger partial charge in [-0.2, -0.15) is 0 Å². The molecule has 15 heavy (non-hydrogen) atoms. The first-order valence-electron chi connectivity index (χ1n) is 5.33. The highest BCUT2D eigenvalue weighted by Gasteiger charge is 2.12. The van der Waals surface area contributed by atoms with Crippen LogP contribution in [0, 0.1) is 6.92 Å². The van der Waals surface area contributed by atoms with Crippen LogP contribution in [0.1, 0.15) is 37.9 Å². The van der Waals surface area contributed by atoms with E-state index >= 15 is 0 Å². The SMILES string of the molecule is CCNc1cc(C)nc(C(CC)OC)n1. The number of aromatic nitrogens is 2. The first-order valence-corrected chi connectivity index (χ1v) is 5.33. The van der Waals surface area contributed by atoms with Crippen molar-refractivity contribution in [3.05, 3.63) is 17.6 Å². The number of anilines is 1. The number of hydrogen-bond acceptors (Lipinski definition) is 4. The summed E-state index contributed by atoms with van der Waals surface area (Å²) in [5.41, 5.74) is 0.964. The highest BCUT2D eigenvalue weighted by molar-refractivity contribution is 5.35. The van der Waals surface area contributed by atoms with Crippen molar-refractivity contribution in [2.75, 3.05) is 19.0 Å². The van der Waals surface area contributed by atoms with E-state index in [1.165, 1.54) is 0 Å². The van der Waals surface area contributed by atoms with Gasteiger partial charge in [-0.05, 0) is 20.3 Å². The minimum Gasteiger partial charge on any atom is -0.373 e. The van der Waals surface area contributed by atoms with E-state index in [2.05, 4.69) is 22.2 Å². The third kappa shape index (κ3) is 3.16. The smallest absolute Gasteiger partial charge is 0.159 e. The van der Waals surface area contributed by atoms with Gasteiger partial charge in [0.1, 0.15) is 11.9 Å². The van der Waals surface area contributed by atoms with Crippen LogP contribution in [0.15, 0.2) is 6.07 Å². The number of rotatable bonds is 5. The molecule has 1 rings (SSSR count). The Balaban J connectivity index is 2.96. The number of aryl methyl sites for hydroxylation is 1. The van der Waals surface area contributed by atoms with Crippen molar-refractivity contribution in [3.63, 3.8) is 0 Å². The minimum atomic E-state index is -0.0118. The summed E-state index contributed by atoms with van der Waals surface area (Å²) >= 11 is 0. The molecule has 1 heterocycles. The molecule has 0 radical (unpaired) electrons. The minimum absolute atomic E-state index is 0.0118. The predicted molar refractivity (Wildman–Crippen MR) is 61.0 cm³/mol. The molecular weight excluding hydrogens is 190 g/mol. The van der Waals surface area contributed by atoms with Crippen LogP contribution in [0.25, 0.3) is 0 Å². The Kier molecular flexibility index (Phi) is 4.49. The van der Waals surface area contributed by atoms with Gasteiger partial charge in [0.15, 0.2) is 5.82 Å². The van der Waals surface area contributed by atoms with Gasteiger partial charge in [-0.3, -0.25) is 0 Å². The van der Waals surface area contributed by atoms with Crippen LogP contribution in [0.2, 0.25) is 0 Å². The maximum absolute atomic E-state index is 5.32. The summed E-state index contributed by atoms with van der Waals surface area (Å²) in [6.45, 7) is 6.94. The van der Waals surface area contributed by atoms with Crippen molar-refractivity contribution in [1.82, 2.24) is 9.97 Å². The third-order valence-electron chi connectivity index (χ3n) is 2.17. The molecule has 1 aromatic rings. The summed E-state index contributed by atoms with van der Waals surface area (Å²) in [7, 11) is 1.69. The first kappa shape index (κ1) is 11.9. The average Bonchev–Trinajstić information content (AvgIpc) is 2.19. The zero-order valence-corrected chi connectivity index (χ0v) is 9.87. The van der Waals surface area contributed by atoms with Crippen molar-refractivity contribution in [3.8, 4) is 0 Å². The van der Waals surface area contributed by atoms with E-state index in [0.717, 1.165) is 30.3 Å². The van der Waals surface area contributed by atoms with Gasteiger partial charge >= 0.3 is 0 Å². The molecular formula is C11H19N3O. The lowest BCUT2D eigenvalue weighted by Crippen LogP contribution is -2.09. The Hall–Kier alpha value is -1.16. The van der Waals surface area contributed by atoms with Crippen molar-refractivity contribution in [1.29, 1.82) is 0 Å². The molecule has 0 aliphatic heterocycles. The second-order valence-corrected chi connectivity index (χ2v) is 3.42. The van der Waals surface area contributed by atoms with E-state index in [-0.39, 0.29) is 6.10 Å². The van der Waals surface area contributed by atoms with Crippen LogP contribution in [-0.4, -0.2) is 23.6 Å². The molecule has 1 N–H and O–H groups in total. The fourth-order valence-corrected chi connectivity index (χ4v) is 1.46. The van der Waals surface area contributed by atoms with E-state index in [1.54, 1.807) is 7.11 Å². The molecule has 1 unspecified atom stereocenters. The Morgan fingerprint density at radius 3 is 2.67 bits per heavy atom. The summed E-state index contributed by atoms with van der Waals surface area (Å²) in [5.74, 6) is 1.63. The molecule has 0 spiro atoms. The fourth-order valence-electron chi connectivity index (χ4n) is 1.46. The van der Waals surface area contributed by atoms with E-state index in [4.69, 9.17) is 4.74 Å². The molecule has 0 aromatic carbocycles. The van der Waals surface area contributed by atoms with Gasteiger partial charge < -0.3 is 10.1 Å². The fraction of sp³-hybridized carbons (Fsp3) is 0.636. The monoisotopic (exact) mass is 209 g/mol. The van der Waals surface area contributed by atoms with Gasteiger partial charge in [-0.25, -0.2) is 9.97 Å². The van der Waals surface area contributed by atoms with Gasteiger partial charge in [-0.15, -0.1) is 0 Å². The Morgan fingerprint density at radius 1 is 1.40 bits per heavy atom. The van der Waals surface area contributed by atoms with Gasteiger partial charge in [0.25, 0.3) is 0 Å². The summed E-state index contributed by atoms with van der Waals surface area (Å²) in [4.78, 5) is 8.80. The van der Waals surface area contributed by atoms with E-state index in [0.29, 0.717) is 0 Å². The second-order valence-electron chi connectivity index (χ2n) is 3.42. The summed E-state index contributed by atoms with van der Waals surface area (Å²) in [5, 5.41) is 3.19. The number of ether oxygens (including phenoxy) is 1. The Labute approximate surface area is 91.1 Å². The molecule has 0 amide bonds. The lowest BCUT2D eigenvalue weighted by molar-refractivity contribution is 0.0925. The lowest BCUT2D eigenvalue weighted by atomic mass is 10.2. The number of hydrogen-bond donors (Lipinski definition) is 1.